The molecule has 0 nitrogen and oxygen atoms in total. The SMILES string of the molecule is [2H]c1c([2H])c([2H])c(-c2c3c([2H])c([2H])c([2H])c([2H])c3c(-c3ccc(-c4ccc5c(-c6ccccc6)cccc5c4)cc3)c3c([2H])c([2H])c([2H])c([2H])c23)c([2H])c1[2H]. The van der Waals surface area contributed by atoms with Crippen molar-refractivity contribution in [3.63, 3.8) is 0 Å². The Kier molecular flexibility index (Phi) is 3.50. The summed E-state index contributed by atoms with van der Waals surface area (Å²) in [6, 6.07) is 21.3. The molecule has 0 aromatic heterocycles. The van der Waals surface area contributed by atoms with Crippen LogP contribution in [0.4, 0.5) is 0 Å². The lowest BCUT2D eigenvalue weighted by molar-refractivity contribution is 1.62. The third-order valence-corrected chi connectivity index (χ3v) is 7.60. The first-order valence-corrected chi connectivity index (χ1v) is 13.5. The van der Waals surface area contributed by atoms with E-state index in [-0.39, 0.29) is 32.7 Å². The molecule has 8 aromatic rings. The van der Waals surface area contributed by atoms with Gasteiger partial charge in [-0.25, -0.2) is 0 Å². The normalized spacial score (nSPS) is 15.7. The van der Waals surface area contributed by atoms with Crippen molar-refractivity contribution in [1.82, 2.24) is 0 Å². The van der Waals surface area contributed by atoms with Crippen molar-refractivity contribution in [2.24, 2.45) is 0 Å². The quantitative estimate of drug-likeness (QED) is 0.193. The molecule has 0 saturated carbocycles. The molecule has 196 valence electrons. The van der Waals surface area contributed by atoms with Gasteiger partial charge < -0.3 is 0 Å². The summed E-state index contributed by atoms with van der Waals surface area (Å²) in [7, 11) is 0. The molecule has 0 unspecified atom stereocenters. The van der Waals surface area contributed by atoms with Crippen molar-refractivity contribution in [3.8, 4) is 44.5 Å². The van der Waals surface area contributed by atoms with Crippen LogP contribution in [0.1, 0.15) is 17.8 Å². The number of rotatable bonds is 4. The molecule has 0 aliphatic rings. The maximum atomic E-state index is 9.15. The molecule has 42 heavy (non-hydrogen) atoms. The molecule has 0 radical (unpaired) electrons. The predicted octanol–water partition coefficient (Wildman–Crippen LogP) is 11.8. The van der Waals surface area contributed by atoms with Crippen molar-refractivity contribution in [1.29, 1.82) is 0 Å². The molecule has 0 heterocycles. The van der Waals surface area contributed by atoms with Gasteiger partial charge in [-0.3, -0.25) is 0 Å². The number of hydrogen-bond donors (Lipinski definition) is 0. The fourth-order valence-electron chi connectivity index (χ4n) is 5.70. The molecule has 0 bridgehead atoms. The molecular weight excluding hydrogens is 504 g/mol. The van der Waals surface area contributed by atoms with E-state index in [1.807, 2.05) is 48.5 Å². The van der Waals surface area contributed by atoms with Crippen molar-refractivity contribution < 1.29 is 17.8 Å². The third-order valence-electron chi connectivity index (χ3n) is 7.60. The molecule has 0 aliphatic heterocycles. The van der Waals surface area contributed by atoms with E-state index in [4.69, 9.17) is 17.8 Å². The summed E-state index contributed by atoms with van der Waals surface area (Å²) < 4.78 is 114. The maximum Gasteiger partial charge on any atom is 0.0629 e. The fourth-order valence-corrected chi connectivity index (χ4v) is 5.70. The summed E-state index contributed by atoms with van der Waals surface area (Å²) in [4.78, 5) is 0. The average molecular weight is 546 g/mol. The summed E-state index contributed by atoms with van der Waals surface area (Å²) in [5, 5.41) is 1.41. The Morgan fingerprint density at radius 3 is 1.52 bits per heavy atom. The minimum atomic E-state index is -0.705. The summed E-state index contributed by atoms with van der Waals surface area (Å²) in [6.07, 6.45) is 0. The van der Waals surface area contributed by atoms with Gasteiger partial charge in [0.1, 0.15) is 0 Å². The summed E-state index contributed by atoms with van der Waals surface area (Å²) in [5.41, 5.74) is 3.66. The first kappa shape index (κ1) is 14.4. The van der Waals surface area contributed by atoms with Crippen LogP contribution in [0.15, 0.2) is 170 Å². The van der Waals surface area contributed by atoms with Gasteiger partial charge in [0.2, 0.25) is 0 Å². The zero-order chi connectivity index (χ0) is 39.2. The van der Waals surface area contributed by atoms with Crippen LogP contribution in [-0.2, 0) is 0 Å². The summed E-state index contributed by atoms with van der Waals surface area (Å²) >= 11 is 0. The van der Waals surface area contributed by atoms with Gasteiger partial charge in [-0.2, -0.15) is 0 Å². The van der Waals surface area contributed by atoms with E-state index in [1.54, 1.807) is 12.1 Å². The van der Waals surface area contributed by atoms with E-state index < -0.39 is 84.1 Å². The molecule has 8 aromatic carbocycles. The summed E-state index contributed by atoms with van der Waals surface area (Å²) in [5.74, 6) is 0. The Balaban J connectivity index is 1.45. The van der Waals surface area contributed by atoms with Crippen molar-refractivity contribution in [2.75, 3.05) is 0 Å². The lowest BCUT2D eigenvalue weighted by Crippen LogP contribution is -1.90. The Bertz CT molecular complexity index is 2830. The second kappa shape index (κ2) is 10.2. The molecular formula is C42H28. The van der Waals surface area contributed by atoms with Crippen LogP contribution in [-0.4, -0.2) is 0 Å². The standard InChI is InChI=1S/C42H28/c1-3-12-30(13-4-1)35-21-11-16-34-28-33(26-27-36(34)35)29-22-24-32(25-23-29)42-39-19-9-7-17-37(39)41(31-14-5-2-6-15-31)38-18-8-10-20-40(38)42/h1-28H/i2D,5D,6D,7D,8D,9D,10D,14D,15D,17D,18D,19D,20D. The monoisotopic (exact) mass is 545 g/mol. The van der Waals surface area contributed by atoms with Crippen LogP contribution >= 0.6 is 0 Å². The van der Waals surface area contributed by atoms with Gasteiger partial charge in [0.15, 0.2) is 0 Å². The van der Waals surface area contributed by atoms with Gasteiger partial charge in [-0.05, 0) is 82.9 Å². The van der Waals surface area contributed by atoms with Crippen molar-refractivity contribution >= 4 is 32.3 Å². The van der Waals surface area contributed by atoms with Gasteiger partial charge >= 0.3 is 0 Å². The van der Waals surface area contributed by atoms with Gasteiger partial charge in [0, 0.05) is 0 Å². The highest BCUT2D eigenvalue weighted by Crippen LogP contribution is 2.44. The number of fused-ring (bicyclic) bond motifs is 3. The minimum absolute atomic E-state index is 0.0951. The highest BCUT2D eigenvalue weighted by molar-refractivity contribution is 6.21. The molecule has 0 atom stereocenters. The molecule has 8 rings (SSSR count). The maximum absolute atomic E-state index is 9.15. The van der Waals surface area contributed by atoms with E-state index in [2.05, 4.69) is 30.3 Å². The molecule has 0 heteroatoms. The van der Waals surface area contributed by atoms with E-state index in [9.17, 15) is 0 Å². The third kappa shape index (κ3) is 4.08. The zero-order valence-corrected chi connectivity index (χ0v) is 22.2. The van der Waals surface area contributed by atoms with Gasteiger partial charge in [0.25, 0.3) is 0 Å². The Morgan fingerprint density at radius 1 is 0.333 bits per heavy atom. The van der Waals surface area contributed by atoms with E-state index in [0.717, 1.165) is 33.0 Å². The lowest BCUT2D eigenvalue weighted by Gasteiger charge is -2.18. The molecule has 0 aliphatic carbocycles. The van der Waals surface area contributed by atoms with E-state index >= 15 is 0 Å². The number of hydrogen-bond acceptors (Lipinski definition) is 0. The molecule has 0 spiro atoms. The minimum Gasteiger partial charge on any atom is -0.0622 e. The van der Waals surface area contributed by atoms with Gasteiger partial charge in [0.05, 0.1) is 17.8 Å². The van der Waals surface area contributed by atoms with Gasteiger partial charge in [-0.15, -0.1) is 0 Å². The lowest BCUT2D eigenvalue weighted by atomic mass is 9.85. The second-order valence-corrected chi connectivity index (χ2v) is 9.93. The van der Waals surface area contributed by atoms with Crippen molar-refractivity contribution in [3.05, 3.63) is 170 Å². The van der Waals surface area contributed by atoms with Crippen LogP contribution in [0, 0.1) is 0 Å². The fraction of sp³-hybridized carbons (Fsp3) is 0. The van der Waals surface area contributed by atoms with Crippen LogP contribution in [0.5, 0.6) is 0 Å². The van der Waals surface area contributed by atoms with Crippen molar-refractivity contribution in [2.45, 2.75) is 0 Å². The number of benzene rings is 8. The smallest absolute Gasteiger partial charge is 0.0622 e. The van der Waals surface area contributed by atoms with Gasteiger partial charge in [-0.1, -0.05) is 163 Å². The topological polar surface area (TPSA) is 0 Å². The van der Waals surface area contributed by atoms with Crippen LogP contribution < -0.4 is 0 Å². The molecule has 0 fully saturated rings. The molecule has 0 saturated heterocycles. The largest absolute Gasteiger partial charge is 0.0629 e. The Morgan fingerprint density at radius 2 is 0.881 bits per heavy atom. The second-order valence-electron chi connectivity index (χ2n) is 9.93. The van der Waals surface area contributed by atoms with Crippen LogP contribution in [0.2, 0.25) is 0 Å². The van der Waals surface area contributed by atoms with E-state index in [1.165, 1.54) is 0 Å². The molecule has 0 N–H and O–H groups in total. The Hall–Kier alpha value is -5.46. The molecule has 0 amide bonds. The Labute approximate surface area is 264 Å². The van der Waals surface area contributed by atoms with Crippen LogP contribution in [0.25, 0.3) is 76.8 Å². The highest BCUT2D eigenvalue weighted by Gasteiger charge is 2.16. The predicted molar refractivity (Wildman–Crippen MR) is 181 cm³/mol. The highest BCUT2D eigenvalue weighted by atomic mass is 14.2. The zero-order valence-electron chi connectivity index (χ0n) is 35.2. The van der Waals surface area contributed by atoms with Crippen LogP contribution in [0.3, 0.4) is 0 Å². The first-order valence-electron chi connectivity index (χ1n) is 20.0. The average Bonchev–Trinajstić information content (AvgIpc) is 3.21. The first-order chi connectivity index (χ1) is 26.2. The summed E-state index contributed by atoms with van der Waals surface area (Å²) in [6.45, 7) is 0. The van der Waals surface area contributed by atoms with E-state index in [0.29, 0.717) is 5.56 Å².